The zero-order valence-electron chi connectivity index (χ0n) is 15.9. The number of nitrogens with zero attached hydrogens (tertiary/aromatic N) is 2. The lowest BCUT2D eigenvalue weighted by atomic mass is 9.95. The maximum Gasteiger partial charge on any atom is 0.275 e. The van der Waals surface area contributed by atoms with Gasteiger partial charge in [-0.1, -0.05) is 17.7 Å². The van der Waals surface area contributed by atoms with Gasteiger partial charge in [-0.3, -0.25) is 14.4 Å². The summed E-state index contributed by atoms with van der Waals surface area (Å²) in [6.07, 6.45) is 4.27. The molecule has 7 nitrogen and oxygen atoms in total. The van der Waals surface area contributed by atoms with E-state index in [2.05, 4.69) is 5.32 Å². The largest absolute Gasteiger partial charge is 0.503 e. The number of aromatic nitrogens is 1. The molecule has 2 aliphatic heterocycles. The highest BCUT2D eigenvalue weighted by Gasteiger charge is 2.51. The standard InChI is InChI=1S/C21H19ClFN3O4/c22-12-3-1-11(15(23)6-12)7-24-20(29)14-8-25-9-16-10-2-4-13(5-10)26(16)21(30)17(25)19(28)18(14)27/h1,3,6,8,10,13,16,28H,2,4-5,7,9H2,(H,24,29)/t10-,13+,16+/m1/s1. The molecule has 0 unspecified atom stereocenters. The van der Waals surface area contributed by atoms with Gasteiger partial charge in [0.2, 0.25) is 5.43 Å². The molecular weight excluding hydrogens is 413 g/mol. The molecule has 1 aromatic heterocycles. The normalized spacial score (nSPS) is 24.0. The number of halogens is 2. The van der Waals surface area contributed by atoms with Gasteiger partial charge in [-0.15, -0.1) is 0 Å². The first-order chi connectivity index (χ1) is 14.3. The minimum Gasteiger partial charge on any atom is -0.503 e. The molecule has 2 fully saturated rings. The van der Waals surface area contributed by atoms with Crippen LogP contribution in [0, 0.1) is 11.7 Å². The van der Waals surface area contributed by atoms with Crippen molar-refractivity contribution in [3.05, 3.63) is 62.3 Å². The van der Waals surface area contributed by atoms with Gasteiger partial charge in [-0.05, 0) is 37.3 Å². The Morgan fingerprint density at radius 2 is 2.10 bits per heavy atom. The second kappa shape index (κ2) is 6.84. The molecule has 3 aliphatic rings. The van der Waals surface area contributed by atoms with Crippen molar-refractivity contribution in [1.29, 1.82) is 0 Å². The number of aromatic hydroxyl groups is 1. The fraction of sp³-hybridized carbons (Fsp3) is 0.381. The molecule has 2 aromatic rings. The Morgan fingerprint density at radius 1 is 1.30 bits per heavy atom. The van der Waals surface area contributed by atoms with E-state index in [9.17, 15) is 23.9 Å². The fourth-order valence-corrected chi connectivity index (χ4v) is 5.24. The number of pyridine rings is 1. The van der Waals surface area contributed by atoms with E-state index in [0.717, 1.165) is 25.3 Å². The van der Waals surface area contributed by atoms with Gasteiger partial charge in [0, 0.05) is 35.9 Å². The van der Waals surface area contributed by atoms with E-state index in [1.165, 1.54) is 22.9 Å². The van der Waals surface area contributed by atoms with E-state index in [4.69, 9.17) is 11.6 Å². The molecule has 1 saturated carbocycles. The van der Waals surface area contributed by atoms with E-state index in [1.54, 1.807) is 4.90 Å². The van der Waals surface area contributed by atoms with Crippen LogP contribution in [0.15, 0.2) is 29.2 Å². The van der Waals surface area contributed by atoms with E-state index in [0.29, 0.717) is 12.5 Å². The summed E-state index contributed by atoms with van der Waals surface area (Å²) < 4.78 is 15.4. The first-order valence-electron chi connectivity index (χ1n) is 9.86. The topological polar surface area (TPSA) is 91.6 Å². The molecule has 3 atom stereocenters. The van der Waals surface area contributed by atoms with Gasteiger partial charge in [0.25, 0.3) is 11.8 Å². The predicted molar refractivity (Wildman–Crippen MR) is 106 cm³/mol. The smallest absolute Gasteiger partial charge is 0.275 e. The minimum atomic E-state index is -0.911. The van der Waals surface area contributed by atoms with Crippen molar-refractivity contribution in [3.63, 3.8) is 0 Å². The molecular formula is C21H19ClFN3O4. The molecule has 0 spiro atoms. The third-order valence-electron chi connectivity index (χ3n) is 6.52. The molecule has 156 valence electrons. The number of hydrogen-bond donors (Lipinski definition) is 2. The molecule has 9 heteroatoms. The van der Waals surface area contributed by atoms with Crippen molar-refractivity contribution in [3.8, 4) is 5.75 Å². The molecule has 1 aliphatic carbocycles. The van der Waals surface area contributed by atoms with Crippen molar-refractivity contribution in [2.24, 2.45) is 5.92 Å². The van der Waals surface area contributed by atoms with Crippen LogP contribution in [0.3, 0.4) is 0 Å². The third kappa shape index (κ3) is 2.81. The highest BCUT2D eigenvalue weighted by molar-refractivity contribution is 6.30. The van der Waals surface area contributed by atoms with Gasteiger partial charge >= 0.3 is 0 Å². The monoisotopic (exact) mass is 431 g/mol. The summed E-state index contributed by atoms with van der Waals surface area (Å²) in [6.45, 7) is 0.283. The van der Waals surface area contributed by atoms with Gasteiger partial charge < -0.3 is 19.9 Å². The summed E-state index contributed by atoms with van der Waals surface area (Å²) in [5.74, 6) is -1.99. The average molecular weight is 432 g/mol. The van der Waals surface area contributed by atoms with E-state index < -0.39 is 22.9 Å². The number of benzene rings is 1. The molecule has 5 rings (SSSR count). The SMILES string of the molecule is O=C(NCc1ccc(Cl)cc1F)c1cn2c(c(O)c1=O)C(=O)N1[C@H]3CC[C@H](C3)[C@@H]1C2. The Kier molecular flexibility index (Phi) is 4.36. The van der Waals surface area contributed by atoms with Gasteiger partial charge in [-0.25, -0.2) is 4.39 Å². The van der Waals surface area contributed by atoms with Crippen molar-refractivity contribution >= 4 is 23.4 Å². The average Bonchev–Trinajstić information content (AvgIpc) is 3.32. The van der Waals surface area contributed by atoms with Crippen LogP contribution in [0.5, 0.6) is 5.75 Å². The number of rotatable bonds is 3. The van der Waals surface area contributed by atoms with Crippen LogP contribution in [0.25, 0.3) is 0 Å². The van der Waals surface area contributed by atoms with Crippen LogP contribution in [0.4, 0.5) is 4.39 Å². The summed E-state index contributed by atoms with van der Waals surface area (Å²) in [4.78, 5) is 40.0. The van der Waals surface area contributed by atoms with Crippen LogP contribution in [0.1, 0.15) is 45.7 Å². The lowest BCUT2D eigenvalue weighted by molar-refractivity contribution is 0.0482. The molecule has 2 N–H and O–H groups in total. The number of carbonyl (C=O) groups is 2. The van der Waals surface area contributed by atoms with Crippen molar-refractivity contribution < 1.29 is 19.1 Å². The van der Waals surface area contributed by atoms with Gasteiger partial charge in [-0.2, -0.15) is 0 Å². The van der Waals surface area contributed by atoms with Crippen molar-refractivity contribution in [2.75, 3.05) is 0 Å². The quantitative estimate of drug-likeness (QED) is 0.780. The van der Waals surface area contributed by atoms with Crippen LogP contribution in [0.2, 0.25) is 5.02 Å². The summed E-state index contributed by atoms with van der Waals surface area (Å²) in [6, 6.07) is 4.25. The summed E-state index contributed by atoms with van der Waals surface area (Å²) in [5.41, 5.74) is -1.05. The molecule has 1 saturated heterocycles. The number of hydrogen-bond acceptors (Lipinski definition) is 4. The van der Waals surface area contributed by atoms with Crippen LogP contribution in [-0.4, -0.2) is 38.5 Å². The van der Waals surface area contributed by atoms with Crippen LogP contribution in [-0.2, 0) is 13.1 Å². The predicted octanol–water partition coefficient (Wildman–Crippen LogP) is 2.28. The fourth-order valence-electron chi connectivity index (χ4n) is 5.08. The van der Waals surface area contributed by atoms with Crippen molar-refractivity contribution in [1.82, 2.24) is 14.8 Å². The van der Waals surface area contributed by atoms with Gasteiger partial charge in [0.15, 0.2) is 11.4 Å². The Balaban J connectivity index is 1.44. The maximum atomic E-state index is 13.9. The third-order valence-corrected chi connectivity index (χ3v) is 6.75. The second-order valence-electron chi connectivity index (χ2n) is 8.15. The zero-order chi connectivity index (χ0) is 21.2. The number of fused-ring (bicyclic) bond motifs is 6. The van der Waals surface area contributed by atoms with Crippen LogP contribution < -0.4 is 10.7 Å². The van der Waals surface area contributed by atoms with E-state index >= 15 is 0 Å². The zero-order valence-corrected chi connectivity index (χ0v) is 16.7. The van der Waals surface area contributed by atoms with E-state index in [1.807, 2.05) is 0 Å². The molecule has 2 bridgehead atoms. The number of piperidine rings is 1. The maximum absolute atomic E-state index is 13.9. The Morgan fingerprint density at radius 3 is 2.87 bits per heavy atom. The Bertz CT molecular complexity index is 1150. The Hall–Kier alpha value is -2.87. The summed E-state index contributed by atoms with van der Waals surface area (Å²) in [5, 5.41) is 13.2. The second-order valence-corrected chi connectivity index (χ2v) is 8.58. The van der Waals surface area contributed by atoms with E-state index in [-0.39, 0.29) is 46.4 Å². The first-order valence-corrected chi connectivity index (χ1v) is 10.2. The van der Waals surface area contributed by atoms with Gasteiger partial charge in [0.05, 0.1) is 6.04 Å². The van der Waals surface area contributed by atoms with Crippen LogP contribution >= 0.6 is 11.6 Å². The lowest BCUT2D eigenvalue weighted by Crippen LogP contribution is -2.52. The Labute approximate surface area is 176 Å². The van der Waals surface area contributed by atoms with Crippen molar-refractivity contribution in [2.45, 2.75) is 44.4 Å². The number of carbonyl (C=O) groups excluding carboxylic acids is 2. The number of nitrogens with one attached hydrogen (secondary N) is 1. The molecule has 0 radical (unpaired) electrons. The first kappa shape index (κ1) is 19.1. The summed E-state index contributed by atoms with van der Waals surface area (Å²) >= 11 is 5.72. The molecule has 30 heavy (non-hydrogen) atoms. The highest BCUT2D eigenvalue weighted by Crippen LogP contribution is 2.45. The van der Waals surface area contributed by atoms with Gasteiger partial charge in [0.1, 0.15) is 11.4 Å². The number of amides is 2. The molecule has 1 aromatic carbocycles. The molecule has 3 heterocycles. The lowest BCUT2D eigenvalue weighted by Gasteiger charge is -2.40. The summed E-state index contributed by atoms with van der Waals surface area (Å²) in [7, 11) is 0. The highest BCUT2D eigenvalue weighted by atomic mass is 35.5. The minimum absolute atomic E-state index is 0.0183. The molecule has 2 amide bonds.